The number of ether oxygens (including phenoxy) is 1. The first-order valence-corrected chi connectivity index (χ1v) is 7.24. The van der Waals surface area contributed by atoms with Gasteiger partial charge in [-0.1, -0.05) is 18.2 Å². The lowest BCUT2D eigenvalue weighted by atomic mass is 10.00. The fraction of sp³-hybridized carbons (Fsp3) is 0.625. The summed E-state index contributed by atoms with van der Waals surface area (Å²) in [7, 11) is 0. The smallest absolute Gasteiger partial charge is 0.127 e. The van der Waals surface area contributed by atoms with Crippen molar-refractivity contribution in [3.63, 3.8) is 0 Å². The van der Waals surface area contributed by atoms with Crippen molar-refractivity contribution in [1.82, 2.24) is 4.90 Å². The van der Waals surface area contributed by atoms with Crippen molar-refractivity contribution in [2.75, 3.05) is 13.1 Å². The van der Waals surface area contributed by atoms with Crippen LogP contribution in [0.15, 0.2) is 18.2 Å². The summed E-state index contributed by atoms with van der Waals surface area (Å²) in [4.78, 5) is 2.41. The van der Waals surface area contributed by atoms with E-state index in [1.165, 1.54) is 11.1 Å². The number of fused-ring (bicyclic) bond motifs is 1. The van der Waals surface area contributed by atoms with Crippen LogP contribution < -0.4 is 4.74 Å². The van der Waals surface area contributed by atoms with E-state index in [0.29, 0.717) is 0 Å². The Bertz CT molecular complexity index is 462. The van der Waals surface area contributed by atoms with E-state index < -0.39 is 0 Å². The van der Waals surface area contributed by atoms with Crippen LogP contribution in [-0.4, -0.2) is 34.8 Å². The molecule has 0 saturated carbocycles. The van der Waals surface area contributed by atoms with Gasteiger partial charge in [-0.3, -0.25) is 4.90 Å². The molecule has 3 nitrogen and oxygen atoms in total. The van der Waals surface area contributed by atoms with E-state index in [2.05, 4.69) is 36.9 Å². The first kappa shape index (κ1) is 12.9. The van der Waals surface area contributed by atoms with Gasteiger partial charge in [-0.2, -0.15) is 0 Å². The van der Waals surface area contributed by atoms with Crippen LogP contribution in [-0.2, 0) is 13.0 Å². The molecule has 2 aliphatic heterocycles. The summed E-state index contributed by atoms with van der Waals surface area (Å²) in [5.41, 5.74) is 2.55. The Morgan fingerprint density at radius 1 is 1.32 bits per heavy atom. The summed E-state index contributed by atoms with van der Waals surface area (Å²) in [6.07, 6.45) is 2.67. The number of aliphatic hydroxyl groups excluding tert-OH is 1. The van der Waals surface area contributed by atoms with Crippen LogP contribution in [0, 0.1) is 0 Å². The first-order valence-electron chi connectivity index (χ1n) is 7.24. The van der Waals surface area contributed by atoms with Crippen molar-refractivity contribution in [1.29, 1.82) is 0 Å². The second-order valence-electron chi connectivity index (χ2n) is 6.45. The minimum atomic E-state index is -0.104. The molecule has 0 aromatic heterocycles. The third-order valence-corrected chi connectivity index (χ3v) is 4.12. The van der Waals surface area contributed by atoms with Gasteiger partial charge in [-0.25, -0.2) is 0 Å². The SMILES string of the molecule is CC1(C)Cc2cccc(CN3CCC(O)CC3)c2O1. The zero-order valence-corrected chi connectivity index (χ0v) is 11.9. The Morgan fingerprint density at radius 3 is 2.79 bits per heavy atom. The van der Waals surface area contributed by atoms with Crippen LogP contribution in [0.4, 0.5) is 0 Å². The molecule has 0 amide bonds. The normalized spacial score (nSPS) is 23.1. The van der Waals surface area contributed by atoms with E-state index in [1.54, 1.807) is 0 Å². The zero-order valence-electron chi connectivity index (χ0n) is 11.9. The fourth-order valence-electron chi connectivity index (χ4n) is 3.12. The summed E-state index contributed by atoms with van der Waals surface area (Å²) in [6, 6.07) is 6.48. The topological polar surface area (TPSA) is 32.7 Å². The van der Waals surface area contributed by atoms with Gasteiger partial charge in [-0.15, -0.1) is 0 Å². The lowest BCUT2D eigenvalue weighted by Crippen LogP contribution is -2.35. The van der Waals surface area contributed by atoms with Gasteiger partial charge in [0.1, 0.15) is 11.4 Å². The Morgan fingerprint density at radius 2 is 2.05 bits per heavy atom. The van der Waals surface area contributed by atoms with Crippen molar-refractivity contribution < 1.29 is 9.84 Å². The zero-order chi connectivity index (χ0) is 13.5. The van der Waals surface area contributed by atoms with Gasteiger partial charge in [-0.05, 0) is 32.3 Å². The molecular weight excluding hydrogens is 238 g/mol. The average molecular weight is 261 g/mol. The van der Waals surface area contributed by atoms with Gasteiger partial charge in [0.15, 0.2) is 0 Å². The van der Waals surface area contributed by atoms with Gasteiger partial charge >= 0.3 is 0 Å². The predicted octanol–water partition coefficient (Wildman–Crippen LogP) is 2.36. The van der Waals surface area contributed by atoms with Crippen LogP contribution in [0.3, 0.4) is 0 Å². The molecule has 1 aromatic carbocycles. The maximum atomic E-state index is 9.57. The van der Waals surface area contributed by atoms with Crippen LogP contribution in [0.2, 0.25) is 0 Å². The van der Waals surface area contributed by atoms with E-state index >= 15 is 0 Å². The number of hydrogen-bond donors (Lipinski definition) is 1. The second kappa shape index (κ2) is 4.80. The molecule has 1 saturated heterocycles. The Hall–Kier alpha value is -1.06. The molecule has 0 radical (unpaired) electrons. The van der Waals surface area contributed by atoms with Crippen LogP contribution in [0.5, 0.6) is 5.75 Å². The molecule has 0 unspecified atom stereocenters. The summed E-state index contributed by atoms with van der Waals surface area (Å²) in [5, 5.41) is 9.57. The Balaban J connectivity index is 1.75. The third-order valence-electron chi connectivity index (χ3n) is 4.12. The van der Waals surface area contributed by atoms with E-state index in [4.69, 9.17) is 4.74 Å². The summed E-state index contributed by atoms with van der Waals surface area (Å²) in [5.74, 6) is 1.10. The molecule has 0 aliphatic carbocycles. The van der Waals surface area contributed by atoms with E-state index in [0.717, 1.165) is 44.6 Å². The highest BCUT2D eigenvalue weighted by Crippen LogP contribution is 2.38. The van der Waals surface area contributed by atoms with Gasteiger partial charge in [0.2, 0.25) is 0 Å². The standard InChI is InChI=1S/C16H23NO2/c1-16(2)10-12-4-3-5-13(15(12)19-16)11-17-8-6-14(18)7-9-17/h3-5,14,18H,6-11H2,1-2H3. The lowest BCUT2D eigenvalue weighted by molar-refractivity contribution is 0.0779. The summed E-state index contributed by atoms with van der Waals surface area (Å²) < 4.78 is 6.11. The van der Waals surface area contributed by atoms with Crippen LogP contribution >= 0.6 is 0 Å². The van der Waals surface area contributed by atoms with Crippen LogP contribution in [0.25, 0.3) is 0 Å². The van der Waals surface area contributed by atoms with Crippen molar-refractivity contribution in [3.8, 4) is 5.75 Å². The molecule has 104 valence electrons. The average Bonchev–Trinajstić information content (AvgIpc) is 2.67. The number of nitrogens with zero attached hydrogens (tertiary/aromatic N) is 1. The molecule has 1 N–H and O–H groups in total. The number of piperidine rings is 1. The molecule has 2 aliphatic rings. The van der Waals surface area contributed by atoms with Crippen molar-refractivity contribution in [2.24, 2.45) is 0 Å². The molecule has 0 bridgehead atoms. The Labute approximate surface area is 115 Å². The van der Waals surface area contributed by atoms with Crippen molar-refractivity contribution >= 4 is 0 Å². The quantitative estimate of drug-likeness (QED) is 0.887. The highest BCUT2D eigenvalue weighted by atomic mass is 16.5. The fourth-order valence-corrected chi connectivity index (χ4v) is 3.12. The lowest BCUT2D eigenvalue weighted by Gasteiger charge is -2.30. The number of para-hydroxylation sites is 1. The van der Waals surface area contributed by atoms with Gasteiger partial charge < -0.3 is 9.84 Å². The highest BCUT2D eigenvalue weighted by Gasteiger charge is 2.32. The molecule has 0 spiro atoms. The van der Waals surface area contributed by atoms with Gasteiger partial charge in [0.05, 0.1) is 6.10 Å². The number of hydrogen-bond acceptors (Lipinski definition) is 3. The van der Waals surface area contributed by atoms with Crippen molar-refractivity contribution in [3.05, 3.63) is 29.3 Å². The molecule has 1 aromatic rings. The molecule has 19 heavy (non-hydrogen) atoms. The first-order chi connectivity index (χ1) is 9.03. The van der Waals surface area contributed by atoms with E-state index in [1.807, 2.05) is 0 Å². The molecule has 3 heteroatoms. The minimum absolute atomic E-state index is 0.0729. The van der Waals surface area contributed by atoms with Gasteiger partial charge in [0, 0.05) is 31.6 Å². The van der Waals surface area contributed by atoms with Crippen molar-refractivity contribution in [2.45, 2.75) is 51.4 Å². The maximum Gasteiger partial charge on any atom is 0.127 e. The summed E-state index contributed by atoms with van der Waals surface area (Å²) in [6.45, 7) is 7.19. The van der Waals surface area contributed by atoms with E-state index in [9.17, 15) is 5.11 Å². The number of aliphatic hydroxyl groups is 1. The molecular formula is C16H23NO2. The number of rotatable bonds is 2. The number of benzene rings is 1. The number of likely N-dealkylation sites (tertiary alicyclic amines) is 1. The summed E-state index contributed by atoms with van der Waals surface area (Å²) >= 11 is 0. The second-order valence-corrected chi connectivity index (χ2v) is 6.45. The highest BCUT2D eigenvalue weighted by molar-refractivity contribution is 5.45. The molecule has 1 fully saturated rings. The molecule has 3 rings (SSSR count). The van der Waals surface area contributed by atoms with Gasteiger partial charge in [0.25, 0.3) is 0 Å². The largest absolute Gasteiger partial charge is 0.487 e. The monoisotopic (exact) mass is 261 g/mol. The van der Waals surface area contributed by atoms with Crippen LogP contribution in [0.1, 0.15) is 37.8 Å². The van der Waals surface area contributed by atoms with E-state index in [-0.39, 0.29) is 11.7 Å². The molecule has 0 atom stereocenters. The molecule has 2 heterocycles. The Kier molecular flexibility index (Phi) is 3.27. The third kappa shape index (κ3) is 2.77. The predicted molar refractivity (Wildman–Crippen MR) is 75.4 cm³/mol. The minimum Gasteiger partial charge on any atom is -0.487 e. The maximum absolute atomic E-state index is 9.57.